The molecule has 1 aliphatic heterocycles. The van der Waals surface area contributed by atoms with Gasteiger partial charge in [0, 0.05) is 6.42 Å². The number of nitrogens with one attached hydrogen (secondary N) is 1. The topological polar surface area (TPSA) is 149 Å². The molecule has 472 valence electrons. The zero-order valence-electron chi connectivity index (χ0n) is 52.7. The van der Waals surface area contributed by atoms with Crippen molar-refractivity contribution in [3.63, 3.8) is 0 Å². The van der Waals surface area contributed by atoms with E-state index in [-0.39, 0.29) is 12.5 Å². The lowest BCUT2D eigenvalue weighted by atomic mass is 9.99. The van der Waals surface area contributed by atoms with Crippen LogP contribution in [-0.4, -0.2) is 87.5 Å². The molecular formula is C73H127NO8. The third-order valence-corrected chi connectivity index (χ3v) is 15.6. The Morgan fingerprint density at radius 2 is 0.768 bits per heavy atom. The van der Waals surface area contributed by atoms with Gasteiger partial charge in [0.25, 0.3) is 0 Å². The highest BCUT2D eigenvalue weighted by Crippen LogP contribution is 2.23. The van der Waals surface area contributed by atoms with Crippen molar-refractivity contribution in [2.75, 3.05) is 13.2 Å². The van der Waals surface area contributed by atoms with Gasteiger partial charge in [-0.15, -0.1) is 0 Å². The highest BCUT2D eigenvalue weighted by molar-refractivity contribution is 5.76. The van der Waals surface area contributed by atoms with Gasteiger partial charge in [0.2, 0.25) is 5.91 Å². The van der Waals surface area contributed by atoms with Gasteiger partial charge >= 0.3 is 0 Å². The van der Waals surface area contributed by atoms with Crippen molar-refractivity contribution < 1.29 is 39.8 Å². The first-order valence-electron chi connectivity index (χ1n) is 34.1. The Bertz CT molecular complexity index is 1660. The van der Waals surface area contributed by atoms with Gasteiger partial charge in [0.05, 0.1) is 25.4 Å². The highest BCUT2D eigenvalue weighted by atomic mass is 16.7. The molecule has 0 aliphatic carbocycles. The van der Waals surface area contributed by atoms with Crippen LogP contribution in [0.15, 0.2) is 109 Å². The summed E-state index contributed by atoms with van der Waals surface area (Å²) in [7, 11) is 0. The maximum Gasteiger partial charge on any atom is 0.220 e. The number of unbranched alkanes of at least 4 members (excludes halogenated alkanes) is 32. The molecule has 0 aromatic rings. The van der Waals surface area contributed by atoms with Crippen LogP contribution in [0.4, 0.5) is 0 Å². The quantitative estimate of drug-likeness (QED) is 0.0261. The number of carbonyl (C=O) groups excluding carboxylic acids is 1. The van der Waals surface area contributed by atoms with Crippen LogP contribution in [0.1, 0.15) is 290 Å². The van der Waals surface area contributed by atoms with Crippen LogP contribution in [0.5, 0.6) is 0 Å². The Balaban J connectivity index is 2.14. The molecule has 0 aromatic carbocycles. The summed E-state index contributed by atoms with van der Waals surface area (Å²) < 4.78 is 11.3. The molecule has 1 aliphatic rings. The smallest absolute Gasteiger partial charge is 0.220 e. The minimum atomic E-state index is -1.58. The van der Waals surface area contributed by atoms with E-state index in [0.717, 1.165) is 83.5 Å². The predicted octanol–water partition coefficient (Wildman–Crippen LogP) is 18.5. The monoisotopic (exact) mass is 1150 g/mol. The molecule has 7 atom stereocenters. The summed E-state index contributed by atoms with van der Waals surface area (Å²) in [6, 6.07) is -0.834. The van der Waals surface area contributed by atoms with Crippen LogP contribution in [0.3, 0.4) is 0 Å². The lowest BCUT2D eigenvalue weighted by molar-refractivity contribution is -0.302. The van der Waals surface area contributed by atoms with Crippen LogP contribution < -0.4 is 5.32 Å². The van der Waals surface area contributed by atoms with Gasteiger partial charge in [0.1, 0.15) is 24.4 Å². The second kappa shape index (κ2) is 61.0. The fourth-order valence-electron chi connectivity index (χ4n) is 10.3. The van der Waals surface area contributed by atoms with Crippen LogP contribution in [0.25, 0.3) is 0 Å². The second-order valence-corrected chi connectivity index (χ2v) is 23.2. The lowest BCUT2D eigenvalue weighted by Gasteiger charge is -2.40. The maximum atomic E-state index is 13.1. The molecule has 1 saturated heterocycles. The SMILES string of the molecule is CC/C=C\C/C=C\C/C=C\C/C=C\C/C=C\C/C=C\CCCCCCCCCCCCCCCCCCCCC(=O)NC(COC1OC(CO)C(O)C(O)C1O)C(O)/C=C/CC/C=C/CC/C=C/CCCCCCCCCCCCCC. The Labute approximate surface area is 504 Å². The Morgan fingerprint density at radius 1 is 0.427 bits per heavy atom. The zero-order chi connectivity index (χ0) is 59.3. The van der Waals surface area contributed by atoms with Crippen molar-refractivity contribution in [1.29, 1.82) is 0 Å². The first-order chi connectivity index (χ1) is 40.3. The molecule has 0 saturated carbocycles. The molecule has 0 spiro atoms. The van der Waals surface area contributed by atoms with E-state index in [1.165, 1.54) is 186 Å². The van der Waals surface area contributed by atoms with Gasteiger partial charge in [-0.05, 0) is 96.3 Å². The summed E-state index contributed by atoms with van der Waals surface area (Å²) in [5.41, 5.74) is 0. The van der Waals surface area contributed by atoms with Gasteiger partial charge in [0.15, 0.2) is 6.29 Å². The first kappa shape index (κ1) is 76.9. The van der Waals surface area contributed by atoms with E-state index in [2.05, 4.69) is 116 Å². The minimum absolute atomic E-state index is 0.190. The highest BCUT2D eigenvalue weighted by Gasteiger charge is 2.44. The van der Waals surface area contributed by atoms with E-state index >= 15 is 0 Å². The van der Waals surface area contributed by atoms with E-state index in [9.17, 15) is 30.3 Å². The number of aliphatic hydroxyl groups is 5. The number of allylic oxidation sites excluding steroid dienone is 17. The van der Waals surface area contributed by atoms with Gasteiger partial charge in [-0.3, -0.25) is 4.79 Å². The summed E-state index contributed by atoms with van der Waals surface area (Å²) in [4.78, 5) is 13.1. The fraction of sp³-hybridized carbons (Fsp3) is 0.740. The maximum absolute atomic E-state index is 13.1. The number of hydrogen-bond donors (Lipinski definition) is 6. The van der Waals surface area contributed by atoms with Gasteiger partial charge in [-0.25, -0.2) is 0 Å². The van der Waals surface area contributed by atoms with Crippen molar-refractivity contribution in [1.82, 2.24) is 5.32 Å². The summed E-state index contributed by atoms with van der Waals surface area (Å²) in [6.45, 7) is 3.66. The van der Waals surface area contributed by atoms with Crippen molar-refractivity contribution in [3.8, 4) is 0 Å². The van der Waals surface area contributed by atoms with E-state index in [1.807, 2.05) is 6.08 Å². The minimum Gasteiger partial charge on any atom is -0.394 e. The number of aliphatic hydroxyl groups excluding tert-OH is 5. The van der Waals surface area contributed by atoms with E-state index in [0.29, 0.717) is 6.42 Å². The van der Waals surface area contributed by atoms with Gasteiger partial charge in [-0.2, -0.15) is 0 Å². The van der Waals surface area contributed by atoms with Crippen molar-refractivity contribution in [2.24, 2.45) is 0 Å². The van der Waals surface area contributed by atoms with Crippen molar-refractivity contribution in [2.45, 2.75) is 333 Å². The summed E-state index contributed by atoms with van der Waals surface area (Å²) in [5.74, 6) is -0.190. The van der Waals surface area contributed by atoms with Crippen LogP contribution >= 0.6 is 0 Å². The third-order valence-electron chi connectivity index (χ3n) is 15.6. The Kier molecular flexibility index (Phi) is 57.1. The molecule has 1 rings (SSSR count). The number of amides is 1. The average molecular weight is 1150 g/mol. The third kappa shape index (κ3) is 49.1. The zero-order valence-corrected chi connectivity index (χ0v) is 52.7. The number of rotatable bonds is 58. The average Bonchev–Trinajstić information content (AvgIpc) is 3.59. The van der Waals surface area contributed by atoms with Crippen LogP contribution in [0, 0.1) is 0 Å². The normalized spacial score (nSPS) is 19.0. The summed E-state index contributed by atoms with van der Waals surface area (Å²) >= 11 is 0. The molecule has 1 amide bonds. The number of carbonyl (C=O) groups is 1. The standard InChI is InChI=1S/C73H127NO8/c1-3-5-7-9-11-13-15-17-19-21-23-25-27-28-29-30-31-32-33-34-35-36-37-38-39-40-41-43-45-47-49-51-53-55-57-59-61-63-69(77)74-66(65-81-73-72(80)71(79)70(78)68(64-75)82-73)67(76)62-60-58-56-54-52-50-48-46-44-42-26-24-22-20-18-16-14-12-10-8-6-4-2/h5,7,11,13,17,19,23,25,28-29,31-32,44,46,52,54,60,62,66-68,70-73,75-76,78-80H,3-4,6,8-10,12,14-16,18,20-22,24,26-27,30,33-43,45,47-51,53,55-59,61,63-65H2,1-2H3,(H,74,77)/b7-5-,13-11-,19-17-,25-23-,29-28-,32-31-,46-44+,54-52+,62-60+. The summed E-state index contributed by atoms with van der Waals surface area (Å²) in [6.07, 6.45) is 83.3. The van der Waals surface area contributed by atoms with E-state index < -0.39 is 49.5 Å². The van der Waals surface area contributed by atoms with Gasteiger partial charge < -0.3 is 40.3 Å². The first-order valence-corrected chi connectivity index (χ1v) is 34.1. The molecule has 1 heterocycles. The molecule has 9 nitrogen and oxygen atoms in total. The number of hydrogen-bond acceptors (Lipinski definition) is 8. The molecule has 6 N–H and O–H groups in total. The molecule has 0 radical (unpaired) electrons. The number of ether oxygens (including phenoxy) is 2. The Morgan fingerprint density at radius 3 is 1.17 bits per heavy atom. The predicted molar refractivity (Wildman–Crippen MR) is 350 cm³/mol. The van der Waals surface area contributed by atoms with Crippen molar-refractivity contribution >= 4 is 5.91 Å². The lowest BCUT2D eigenvalue weighted by Crippen LogP contribution is -2.60. The molecule has 9 heteroatoms. The molecule has 0 bridgehead atoms. The van der Waals surface area contributed by atoms with Crippen LogP contribution in [0.2, 0.25) is 0 Å². The van der Waals surface area contributed by atoms with Gasteiger partial charge in [-0.1, -0.05) is 297 Å². The summed E-state index contributed by atoms with van der Waals surface area (Å²) in [5, 5.41) is 54.7. The fourth-order valence-corrected chi connectivity index (χ4v) is 10.3. The Hall–Kier alpha value is -3.15. The van der Waals surface area contributed by atoms with E-state index in [1.54, 1.807) is 6.08 Å². The van der Waals surface area contributed by atoms with Crippen molar-refractivity contribution in [3.05, 3.63) is 109 Å². The molecule has 7 unspecified atom stereocenters. The second-order valence-electron chi connectivity index (χ2n) is 23.2. The largest absolute Gasteiger partial charge is 0.394 e. The molecule has 82 heavy (non-hydrogen) atoms. The molecule has 1 fully saturated rings. The van der Waals surface area contributed by atoms with E-state index in [4.69, 9.17) is 9.47 Å². The molecule has 0 aromatic heterocycles. The molecular weight excluding hydrogens is 1020 g/mol. The van der Waals surface area contributed by atoms with Crippen LogP contribution in [-0.2, 0) is 14.3 Å².